The molecule has 1 N–H and O–H groups in total. The average Bonchev–Trinajstić information content (AvgIpc) is 2.11. The fourth-order valence-electron chi connectivity index (χ4n) is 1.42. The third-order valence-electron chi connectivity index (χ3n) is 2.15. The fourth-order valence-corrected chi connectivity index (χ4v) is 1.42. The molecule has 0 aliphatic rings. The molecule has 1 amide bonds. The quantitative estimate of drug-likeness (QED) is 0.685. The van der Waals surface area contributed by atoms with Crippen molar-refractivity contribution in [1.29, 1.82) is 0 Å². The number of carbonyl (C=O) groups excluding carboxylic acids is 2. The van der Waals surface area contributed by atoms with Crippen molar-refractivity contribution in [2.75, 3.05) is 6.61 Å². The van der Waals surface area contributed by atoms with E-state index in [-0.39, 0.29) is 18.5 Å². The van der Waals surface area contributed by atoms with E-state index in [9.17, 15) is 9.59 Å². The van der Waals surface area contributed by atoms with E-state index >= 15 is 0 Å². The summed E-state index contributed by atoms with van der Waals surface area (Å²) in [5.74, 6) is -0.413. The number of carbonyl (C=O) groups is 2. The van der Waals surface area contributed by atoms with E-state index in [0.717, 1.165) is 19.3 Å². The number of hydrogen-bond acceptors (Lipinski definition) is 3. The van der Waals surface area contributed by atoms with Crippen LogP contribution in [0.4, 0.5) is 0 Å². The van der Waals surface area contributed by atoms with E-state index in [0.29, 0.717) is 0 Å². The van der Waals surface area contributed by atoms with Crippen LogP contribution in [0.2, 0.25) is 0 Å². The predicted octanol–water partition coefficient (Wildman–Crippen LogP) is 1.63. The summed E-state index contributed by atoms with van der Waals surface area (Å²) in [6, 6.07) is 0. The van der Waals surface area contributed by atoms with Gasteiger partial charge in [-0.15, -0.1) is 0 Å². The Balaban J connectivity index is 4.25. The standard InChI is InChI=1S/C11H21NO3/c1-5-6-7-11(4,12-9(2)13)8-15-10(3)14/h5-8H2,1-4H3,(H,12,13). The number of amides is 1. The Morgan fingerprint density at radius 1 is 1.33 bits per heavy atom. The van der Waals surface area contributed by atoms with Crippen LogP contribution < -0.4 is 5.32 Å². The molecule has 4 heteroatoms. The Morgan fingerprint density at radius 3 is 2.33 bits per heavy atom. The first-order valence-corrected chi connectivity index (χ1v) is 5.32. The van der Waals surface area contributed by atoms with E-state index in [1.807, 2.05) is 6.92 Å². The monoisotopic (exact) mass is 215 g/mol. The van der Waals surface area contributed by atoms with E-state index in [4.69, 9.17) is 4.74 Å². The van der Waals surface area contributed by atoms with Gasteiger partial charge in [0.25, 0.3) is 0 Å². The molecule has 0 rings (SSSR count). The molecule has 0 radical (unpaired) electrons. The van der Waals surface area contributed by atoms with Crippen LogP contribution in [-0.4, -0.2) is 24.0 Å². The molecule has 1 unspecified atom stereocenters. The van der Waals surface area contributed by atoms with Gasteiger partial charge in [-0.3, -0.25) is 9.59 Å². The molecular weight excluding hydrogens is 194 g/mol. The summed E-state index contributed by atoms with van der Waals surface area (Å²) < 4.78 is 4.95. The van der Waals surface area contributed by atoms with Crippen molar-refractivity contribution in [3.05, 3.63) is 0 Å². The van der Waals surface area contributed by atoms with E-state index in [1.165, 1.54) is 13.8 Å². The van der Waals surface area contributed by atoms with Crippen LogP contribution in [0.3, 0.4) is 0 Å². The molecule has 0 saturated heterocycles. The van der Waals surface area contributed by atoms with Gasteiger partial charge < -0.3 is 10.1 Å². The summed E-state index contributed by atoms with van der Waals surface area (Å²) >= 11 is 0. The molecule has 15 heavy (non-hydrogen) atoms. The van der Waals surface area contributed by atoms with Crippen LogP contribution in [0.5, 0.6) is 0 Å². The molecule has 0 aromatic carbocycles. The number of ether oxygens (including phenoxy) is 1. The largest absolute Gasteiger partial charge is 0.463 e. The first kappa shape index (κ1) is 13.9. The average molecular weight is 215 g/mol. The maximum absolute atomic E-state index is 11.0. The van der Waals surface area contributed by atoms with Crippen LogP contribution in [0.15, 0.2) is 0 Å². The minimum Gasteiger partial charge on any atom is -0.463 e. The van der Waals surface area contributed by atoms with Crippen LogP contribution in [0.25, 0.3) is 0 Å². The lowest BCUT2D eigenvalue weighted by Gasteiger charge is -2.29. The third kappa shape index (κ3) is 6.94. The third-order valence-corrected chi connectivity index (χ3v) is 2.15. The Bertz CT molecular complexity index is 228. The molecule has 0 aliphatic carbocycles. The van der Waals surface area contributed by atoms with Crippen molar-refractivity contribution >= 4 is 11.9 Å². The minimum absolute atomic E-state index is 0.0965. The number of esters is 1. The van der Waals surface area contributed by atoms with Gasteiger partial charge in [-0.1, -0.05) is 19.8 Å². The second-order valence-electron chi connectivity index (χ2n) is 4.13. The molecule has 1 atom stereocenters. The van der Waals surface area contributed by atoms with Gasteiger partial charge >= 0.3 is 5.97 Å². The smallest absolute Gasteiger partial charge is 0.302 e. The molecule has 0 saturated carbocycles. The summed E-state index contributed by atoms with van der Waals surface area (Å²) in [7, 11) is 0. The Labute approximate surface area is 91.4 Å². The maximum Gasteiger partial charge on any atom is 0.302 e. The highest BCUT2D eigenvalue weighted by molar-refractivity contribution is 5.74. The van der Waals surface area contributed by atoms with Gasteiger partial charge in [0, 0.05) is 13.8 Å². The second kappa shape index (κ2) is 6.43. The Morgan fingerprint density at radius 2 is 1.93 bits per heavy atom. The molecule has 0 heterocycles. The lowest BCUT2D eigenvalue weighted by molar-refractivity contribution is -0.144. The normalized spacial score (nSPS) is 14.1. The van der Waals surface area contributed by atoms with Crippen molar-refractivity contribution in [1.82, 2.24) is 5.32 Å². The first-order valence-electron chi connectivity index (χ1n) is 5.32. The van der Waals surface area contributed by atoms with Gasteiger partial charge in [-0.05, 0) is 13.3 Å². The van der Waals surface area contributed by atoms with Gasteiger partial charge in [0.05, 0.1) is 5.54 Å². The van der Waals surface area contributed by atoms with Crippen LogP contribution in [0, 0.1) is 0 Å². The number of unbranched alkanes of at least 4 members (excludes halogenated alkanes) is 1. The number of hydrogen-bond donors (Lipinski definition) is 1. The predicted molar refractivity (Wildman–Crippen MR) is 58.4 cm³/mol. The van der Waals surface area contributed by atoms with Crippen LogP contribution in [0.1, 0.15) is 47.0 Å². The SMILES string of the molecule is CCCCC(C)(COC(C)=O)NC(C)=O. The van der Waals surface area contributed by atoms with Gasteiger partial charge in [0.2, 0.25) is 5.91 Å². The molecule has 88 valence electrons. The van der Waals surface area contributed by atoms with Gasteiger partial charge in [0.15, 0.2) is 0 Å². The summed E-state index contributed by atoms with van der Waals surface area (Å²) in [6.07, 6.45) is 2.86. The first-order chi connectivity index (χ1) is 6.89. The summed E-state index contributed by atoms with van der Waals surface area (Å²) in [6.45, 7) is 7.06. The molecule has 0 bridgehead atoms. The van der Waals surface area contributed by atoms with Crippen LogP contribution >= 0.6 is 0 Å². The zero-order valence-corrected chi connectivity index (χ0v) is 10.1. The van der Waals surface area contributed by atoms with Crippen molar-refractivity contribution < 1.29 is 14.3 Å². The fraction of sp³-hybridized carbons (Fsp3) is 0.818. The zero-order chi connectivity index (χ0) is 11.9. The summed E-state index contributed by atoms with van der Waals surface area (Å²) in [5.41, 5.74) is -0.437. The Kier molecular flexibility index (Phi) is 5.97. The number of rotatable bonds is 6. The summed E-state index contributed by atoms with van der Waals surface area (Å²) in [5, 5.41) is 2.83. The lowest BCUT2D eigenvalue weighted by atomic mass is 9.96. The number of nitrogens with one attached hydrogen (secondary N) is 1. The van der Waals surface area contributed by atoms with Gasteiger partial charge in [0.1, 0.15) is 6.61 Å². The molecule has 0 fully saturated rings. The van der Waals surface area contributed by atoms with E-state index in [2.05, 4.69) is 12.2 Å². The zero-order valence-electron chi connectivity index (χ0n) is 10.1. The maximum atomic E-state index is 11.0. The van der Waals surface area contributed by atoms with Crippen molar-refractivity contribution in [2.45, 2.75) is 52.5 Å². The highest BCUT2D eigenvalue weighted by Crippen LogP contribution is 2.14. The summed E-state index contributed by atoms with van der Waals surface area (Å²) in [4.78, 5) is 21.7. The minimum atomic E-state index is -0.437. The topological polar surface area (TPSA) is 55.4 Å². The van der Waals surface area contributed by atoms with Crippen molar-refractivity contribution in [3.8, 4) is 0 Å². The molecule has 0 aliphatic heterocycles. The van der Waals surface area contributed by atoms with E-state index in [1.54, 1.807) is 0 Å². The van der Waals surface area contributed by atoms with Crippen LogP contribution in [-0.2, 0) is 14.3 Å². The van der Waals surface area contributed by atoms with Crippen molar-refractivity contribution in [3.63, 3.8) is 0 Å². The second-order valence-corrected chi connectivity index (χ2v) is 4.13. The highest BCUT2D eigenvalue weighted by atomic mass is 16.5. The molecule has 0 aromatic rings. The Hall–Kier alpha value is -1.06. The van der Waals surface area contributed by atoms with Gasteiger partial charge in [-0.2, -0.15) is 0 Å². The molecular formula is C11H21NO3. The molecule has 4 nitrogen and oxygen atoms in total. The highest BCUT2D eigenvalue weighted by Gasteiger charge is 2.25. The van der Waals surface area contributed by atoms with Crippen molar-refractivity contribution in [2.24, 2.45) is 0 Å². The molecule has 0 spiro atoms. The van der Waals surface area contributed by atoms with Gasteiger partial charge in [-0.25, -0.2) is 0 Å². The lowest BCUT2D eigenvalue weighted by Crippen LogP contribution is -2.49. The molecule has 0 aromatic heterocycles. The van der Waals surface area contributed by atoms with E-state index < -0.39 is 5.54 Å².